The van der Waals surface area contributed by atoms with Crippen LogP contribution in [0.15, 0.2) is 52.3 Å². The number of ether oxygens (including phenoxy) is 1. The summed E-state index contributed by atoms with van der Waals surface area (Å²) in [4.78, 5) is 27.1. The number of ketones is 2. The lowest BCUT2D eigenvalue weighted by molar-refractivity contribution is 0.0917. The van der Waals surface area contributed by atoms with Crippen LogP contribution in [-0.4, -0.2) is 30.2 Å². The van der Waals surface area contributed by atoms with E-state index in [1.54, 1.807) is 43.1 Å². The van der Waals surface area contributed by atoms with Gasteiger partial charge in [-0.15, -0.1) is 23.5 Å². The summed E-state index contributed by atoms with van der Waals surface area (Å²) in [5.41, 5.74) is 1.28. The minimum absolute atomic E-state index is 0.0187. The molecule has 1 heterocycles. The second kappa shape index (κ2) is 10.4. The van der Waals surface area contributed by atoms with Crippen molar-refractivity contribution >= 4 is 35.1 Å². The van der Waals surface area contributed by atoms with Crippen molar-refractivity contribution in [3.63, 3.8) is 0 Å². The number of thioether (sulfide) groups is 2. The highest BCUT2D eigenvalue weighted by atomic mass is 32.2. The molecule has 0 spiro atoms. The third-order valence-corrected chi connectivity index (χ3v) is 6.35. The summed E-state index contributed by atoms with van der Waals surface area (Å²) in [5.74, 6) is 2.82. The maximum Gasteiger partial charge on any atom is 0.163 e. The van der Waals surface area contributed by atoms with Gasteiger partial charge in [0.25, 0.3) is 0 Å². The number of hydrogen-bond donors (Lipinski definition) is 0. The van der Waals surface area contributed by atoms with E-state index in [1.165, 1.54) is 9.79 Å². The minimum atomic E-state index is -0.0369. The highest BCUT2D eigenvalue weighted by Gasteiger charge is 2.15. The lowest BCUT2D eigenvalue weighted by Crippen LogP contribution is -2.06. The Hall–Kier alpha value is -1.72. The second-order valence-electron chi connectivity index (χ2n) is 5.44. The molecule has 3 nitrogen and oxygen atoms in total. The zero-order valence-electron chi connectivity index (χ0n) is 15.4. The molecule has 0 N–H and O–H groups in total. The van der Waals surface area contributed by atoms with Gasteiger partial charge in [0.05, 0.1) is 7.11 Å². The van der Waals surface area contributed by atoms with Gasteiger partial charge in [0.15, 0.2) is 11.6 Å². The maximum atomic E-state index is 12.4. The quantitative estimate of drug-likeness (QED) is 0.588. The highest BCUT2D eigenvalue weighted by molar-refractivity contribution is 8.05. The Kier molecular flexibility index (Phi) is 8.26. The third-order valence-electron chi connectivity index (χ3n) is 3.83. The summed E-state index contributed by atoms with van der Waals surface area (Å²) in [6, 6.07) is 12.9. The van der Waals surface area contributed by atoms with Gasteiger partial charge in [-0.25, -0.2) is 0 Å². The molecule has 0 radical (unpaired) electrons. The monoisotopic (exact) mass is 388 g/mol. The summed E-state index contributed by atoms with van der Waals surface area (Å²) in [6.45, 7) is 4.00. The van der Waals surface area contributed by atoms with Gasteiger partial charge in [0.1, 0.15) is 5.75 Å². The first-order valence-corrected chi connectivity index (χ1v) is 10.7. The van der Waals surface area contributed by atoms with Crippen LogP contribution < -0.4 is 4.74 Å². The topological polar surface area (TPSA) is 43.4 Å². The number of carbonyl (C=O) groups excluding carboxylic acids is 2. The molecule has 3 rings (SSSR count). The number of carbonyl (C=O) groups is 2. The first-order chi connectivity index (χ1) is 12.7. The van der Waals surface area contributed by atoms with E-state index in [2.05, 4.69) is 0 Å². The molecule has 0 atom stereocenters. The number of fused-ring (bicyclic) bond motifs is 1. The summed E-state index contributed by atoms with van der Waals surface area (Å²) >= 11 is 3.62. The molecule has 0 unspecified atom stereocenters. The highest BCUT2D eigenvalue weighted by Crippen LogP contribution is 2.37. The number of Topliss-reactive ketones (excluding diaryl/α,β-unsaturated/α-hetero) is 2. The van der Waals surface area contributed by atoms with E-state index in [4.69, 9.17) is 4.74 Å². The van der Waals surface area contributed by atoms with E-state index < -0.39 is 0 Å². The molecule has 0 saturated heterocycles. The SMILES string of the molecule is CC.COc1cccc(C(=O)CCC(=O)c2ccc3c(c2)SCCS3)c1. The molecule has 26 heavy (non-hydrogen) atoms. The van der Waals surface area contributed by atoms with E-state index in [1.807, 2.05) is 43.8 Å². The first kappa shape index (κ1) is 20.6. The molecule has 0 bridgehead atoms. The average molecular weight is 389 g/mol. The van der Waals surface area contributed by atoms with Crippen molar-refractivity contribution in [3.05, 3.63) is 53.6 Å². The van der Waals surface area contributed by atoms with E-state index >= 15 is 0 Å². The van der Waals surface area contributed by atoms with Crippen molar-refractivity contribution in [2.75, 3.05) is 18.6 Å². The Balaban J connectivity index is 0.00000117. The summed E-state index contributed by atoms with van der Waals surface area (Å²) in [7, 11) is 1.57. The summed E-state index contributed by atoms with van der Waals surface area (Å²) in [6.07, 6.45) is 0.442. The number of benzene rings is 2. The van der Waals surface area contributed by atoms with E-state index in [0.29, 0.717) is 16.9 Å². The summed E-state index contributed by atoms with van der Waals surface area (Å²) in [5, 5.41) is 0. The maximum absolute atomic E-state index is 12.4. The molecule has 0 aliphatic carbocycles. The Bertz CT molecular complexity index is 772. The molecule has 1 aliphatic rings. The zero-order chi connectivity index (χ0) is 18.9. The Morgan fingerprint density at radius 3 is 2.15 bits per heavy atom. The first-order valence-electron chi connectivity index (χ1n) is 8.77. The second-order valence-corrected chi connectivity index (χ2v) is 7.71. The average Bonchev–Trinajstić information content (AvgIpc) is 2.72. The molecule has 0 fully saturated rings. The van der Waals surface area contributed by atoms with Gasteiger partial charge in [0.2, 0.25) is 0 Å². The van der Waals surface area contributed by atoms with Crippen LogP contribution >= 0.6 is 23.5 Å². The molecule has 138 valence electrons. The lowest BCUT2D eigenvalue weighted by atomic mass is 10.0. The summed E-state index contributed by atoms with van der Waals surface area (Å²) < 4.78 is 5.13. The third kappa shape index (κ3) is 5.39. The standard InChI is InChI=1S/C19H18O3S2.C2H6/c1-22-15-4-2-3-13(11-15)16(20)6-7-17(21)14-5-8-18-19(12-14)24-10-9-23-18;1-2/h2-5,8,11-12H,6-7,9-10H2,1H3;1-2H3. The van der Waals surface area contributed by atoms with Crippen LogP contribution in [0.1, 0.15) is 47.4 Å². The van der Waals surface area contributed by atoms with E-state index in [-0.39, 0.29) is 24.4 Å². The molecular formula is C21H24O3S2. The van der Waals surface area contributed by atoms with Crippen LogP contribution in [0.25, 0.3) is 0 Å². The smallest absolute Gasteiger partial charge is 0.163 e. The van der Waals surface area contributed by atoms with Crippen LogP contribution in [0.2, 0.25) is 0 Å². The van der Waals surface area contributed by atoms with Crippen molar-refractivity contribution in [1.29, 1.82) is 0 Å². The predicted octanol–water partition coefficient (Wildman–Crippen LogP) is 5.77. The van der Waals surface area contributed by atoms with Crippen molar-refractivity contribution in [2.24, 2.45) is 0 Å². The molecular weight excluding hydrogens is 364 g/mol. The van der Waals surface area contributed by atoms with Crippen molar-refractivity contribution in [2.45, 2.75) is 36.5 Å². The molecule has 5 heteroatoms. The van der Waals surface area contributed by atoms with Gasteiger partial charge in [-0.05, 0) is 24.3 Å². The predicted molar refractivity (Wildman–Crippen MR) is 110 cm³/mol. The minimum Gasteiger partial charge on any atom is -0.497 e. The van der Waals surface area contributed by atoms with E-state index in [9.17, 15) is 9.59 Å². The number of hydrogen-bond acceptors (Lipinski definition) is 5. The molecule has 2 aromatic carbocycles. The fraction of sp³-hybridized carbons (Fsp3) is 0.333. The van der Waals surface area contributed by atoms with Gasteiger partial charge in [-0.2, -0.15) is 0 Å². The van der Waals surface area contributed by atoms with Crippen LogP contribution in [0.5, 0.6) is 5.75 Å². The van der Waals surface area contributed by atoms with Crippen molar-refractivity contribution in [3.8, 4) is 5.75 Å². The largest absolute Gasteiger partial charge is 0.497 e. The Morgan fingerprint density at radius 1 is 0.885 bits per heavy atom. The van der Waals surface area contributed by atoms with Crippen molar-refractivity contribution in [1.82, 2.24) is 0 Å². The number of methoxy groups -OCH3 is 1. The normalized spacial score (nSPS) is 12.4. The number of rotatable bonds is 6. The van der Waals surface area contributed by atoms with Gasteiger partial charge in [-0.1, -0.05) is 32.0 Å². The van der Waals surface area contributed by atoms with Crippen LogP contribution in [0.4, 0.5) is 0 Å². The molecule has 2 aromatic rings. The van der Waals surface area contributed by atoms with E-state index in [0.717, 1.165) is 11.5 Å². The van der Waals surface area contributed by atoms with Gasteiger partial charge in [-0.3, -0.25) is 9.59 Å². The molecule has 0 amide bonds. The Labute approximate surface area is 163 Å². The van der Waals surface area contributed by atoms with Crippen molar-refractivity contribution < 1.29 is 14.3 Å². The van der Waals surface area contributed by atoms with Crippen LogP contribution in [0.3, 0.4) is 0 Å². The van der Waals surface area contributed by atoms with Gasteiger partial charge >= 0.3 is 0 Å². The molecule has 1 aliphatic heterocycles. The lowest BCUT2D eigenvalue weighted by Gasteiger charge is -2.15. The fourth-order valence-electron chi connectivity index (χ4n) is 2.53. The van der Waals surface area contributed by atoms with Crippen LogP contribution in [0, 0.1) is 0 Å². The van der Waals surface area contributed by atoms with Crippen LogP contribution in [-0.2, 0) is 0 Å². The molecule has 0 saturated carbocycles. The fourth-order valence-corrected chi connectivity index (χ4v) is 4.78. The van der Waals surface area contributed by atoms with Gasteiger partial charge < -0.3 is 4.74 Å². The molecule has 0 aromatic heterocycles. The zero-order valence-corrected chi connectivity index (χ0v) is 17.0. The Morgan fingerprint density at radius 2 is 1.50 bits per heavy atom. The van der Waals surface area contributed by atoms with Gasteiger partial charge in [0, 0.05) is 45.3 Å².